The van der Waals surface area contributed by atoms with Crippen molar-refractivity contribution >= 4 is 11.9 Å². The summed E-state index contributed by atoms with van der Waals surface area (Å²) in [6.45, 7) is 4.70. The van der Waals surface area contributed by atoms with E-state index in [1.165, 1.54) is 20.6 Å². The number of hydrogen-bond acceptors (Lipinski definition) is 7. The standard InChI is InChI=1S/C25H29NO6/c1-15-6-5-11-26(13-15)14-18-19(27)9-8-17-22(28)21(32-24(17)18)12-16-7-10-20(29-2)25(31-4)23(16)30-3/h7-10,12,15,27H,5-6,11,13-14H2,1-4H3/b21-12-/t15-/m1/s1. The number of methoxy groups -OCH3 is 3. The van der Waals surface area contributed by atoms with E-state index < -0.39 is 0 Å². The van der Waals surface area contributed by atoms with Crippen LogP contribution in [0.1, 0.15) is 41.3 Å². The molecular formula is C25H29NO6. The van der Waals surface area contributed by atoms with Crippen molar-refractivity contribution in [1.82, 2.24) is 4.90 Å². The van der Waals surface area contributed by atoms with E-state index in [4.69, 9.17) is 18.9 Å². The Bertz CT molecular complexity index is 1060. The van der Waals surface area contributed by atoms with Gasteiger partial charge in [0.05, 0.1) is 32.5 Å². The Morgan fingerprint density at radius 1 is 1.12 bits per heavy atom. The molecule has 2 heterocycles. The van der Waals surface area contributed by atoms with E-state index in [0.29, 0.717) is 52.2 Å². The van der Waals surface area contributed by atoms with Crippen molar-refractivity contribution in [3.05, 3.63) is 46.7 Å². The summed E-state index contributed by atoms with van der Waals surface area (Å²) >= 11 is 0. The molecular weight excluding hydrogens is 410 g/mol. The van der Waals surface area contributed by atoms with Gasteiger partial charge in [-0.1, -0.05) is 6.92 Å². The summed E-state index contributed by atoms with van der Waals surface area (Å²) in [6, 6.07) is 6.71. The highest BCUT2D eigenvalue weighted by atomic mass is 16.5. The maximum absolute atomic E-state index is 13.1. The predicted octanol–water partition coefficient (Wildman–Crippen LogP) is 4.27. The van der Waals surface area contributed by atoms with E-state index >= 15 is 0 Å². The minimum absolute atomic E-state index is 0.139. The lowest BCUT2D eigenvalue weighted by Crippen LogP contribution is -2.33. The number of piperidine rings is 1. The lowest BCUT2D eigenvalue weighted by Gasteiger charge is -2.31. The van der Waals surface area contributed by atoms with Crippen LogP contribution in [0.4, 0.5) is 0 Å². The van der Waals surface area contributed by atoms with Gasteiger partial charge >= 0.3 is 0 Å². The maximum Gasteiger partial charge on any atom is 0.231 e. The highest BCUT2D eigenvalue weighted by molar-refractivity contribution is 6.15. The molecule has 32 heavy (non-hydrogen) atoms. The quantitative estimate of drug-likeness (QED) is 0.674. The number of phenolic OH excluding ortho intramolecular Hbond substituents is 1. The molecule has 0 bridgehead atoms. The van der Waals surface area contributed by atoms with Crippen molar-refractivity contribution in [2.75, 3.05) is 34.4 Å². The summed E-state index contributed by atoms with van der Waals surface area (Å²) in [6.07, 6.45) is 3.97. The van der Waals surface area contributed by atoms with Gasteiger partial charge in [-0.15, -0.1) is 0 Å². The Morgan fingerprint density at radius 2 is 1.91 bits per heavy atom. The van der Waals surface area contributed by atoms with Crippen molar-refractivity contribution in [3.8, 4) is 28.7 Å². The van der Waals surface area contributed by atoms with Gasteiger partial charge in [-0.05, 0) is 55.6 Å². The molecule has 0 amide bonds. The SMILES string of the molecule is COc1ccc(/C=C2\Oc3c(ccc(O)c3CN3CCC[C@@H](C)C3)C2=O)c(OC)c1OC. The highest BCUT2D eigenvalue weighted by Crippen LogP contribution is 2.43. The minimum Gasteiger partial charge on any atom is -0.507 e. The molecule has 1 atom stereocenters. The largest absolute Gasteiger partial charge is 0.507 e. The number of aromatic hydroxyl groups is 1. The second-order valence-electron chi connectivity index (χ2n) is 8.29. The van der Waals surface area contributed by atoms with Gasteiger partial charge in [0, 0.05) is 18.7 Å². The van der Waals surface area contributed by atoms with Gasteiger partial charge in [0.2, 0.25) is 11.5 Å². The van der Waals surface area contributed by atoms with Crippen LogP contribution in [0.15, 0.2) is 30.0 Å². The number of Topliss-reactive ketones (excluding diaryl/α,β-unsaturated/α-hetero) is 1. The molecule has 7 nitrogen and oxygen atoms in total. The number of fused-ring (bicyclic) bond motifs is 1. The molecule has 2 aromatic rings. The molecule has 0 unspecified atom stereocenters. The molecule has 0 aromatic heterocycles. The van der Waals surface area contributed by atoms with E-state index in [1.807, 2.05) is 0 Å². The van der Waals surface area contributed by atoms with Crippen LogP contribution in [0.5, 0.6) is 28.7 Å². The normalized spacial score (nSPS) is 19.6. The molecule has 4 rings (SSSR count). The molecule has 2 aliphatic rings. The van der Waals surface area contributed by atoms with E-state index in [2.05, 4.69) is 11.8 Å². The highest BCUT2D eigenvalue weighted by Gasteiger charge is 2.32. The van der Waals surface area contributed by atoms with Crippen molar-refractivity contribution in [2.45, 2.75) is 26.3 Å². The summed E-state index contributed by atoms with van der Waals surface area (Å²) in [4.78, 5) is 15.4. The summed E-state index contributed by atoms with van der Waals surface area (Å²) in [5.74, 6) is 2.52. The average Bonchev–Trinajstić information content (AvgIpc) is 3.10. The van der Waals surface area contributed by atoms with Crippen LogP contribution in [-0.4, -0.2) is 50.2 Å². The Hall–Kier alpha value is -3.19. The molecule has 0 radical (unpaired) electrons. The first-order chi connectivity index (χ1) is 15.5. The van der Waals surface area contributed by atoms with Gasteiger partial charge < -0.3 is 24.1 Å². The molecule has 2 aromatic carbocycles. The van der Waals surface area contributed by atoms with Gasteiger partial charge in [-0.25, -0.2) is 0 Å². The van der Waals surface area contributed by atoms with Gasteiger partial charge in [0.25, 0.3) is 0 Å². The number of benzene rings is 2. The molecule has 1 fully saturated rings. The number of hydrogen-bond donors (Lipinski definition) is 1. The van der Waals surface area contributed by atoms with Crippen LogP contribution in [0, 0.1) is 5.92 Å². The van der Waals surface area contributed by atoms with Crippen molar-refractivity contribution in [1.29, 1.82) is 0 Å². The fourth-order valence-electron chi connectivity index (χ4n) is 4.48. The molecule has 0 aliphatic carbocycles. The second kappa shape index (κ2) is 9.12. The van der Waals surface area contributed by atoms with E-state index in [-0.39, 0.29) is 17.3 Å². The van der Waals surface area contributed by atoms with E-state index in [9.17, 15) is 9.90 Å². The third kappa shape index (κ3) is 4.00. The van der Waals surface area contributed by atoms with E-state index in [0.717, 1.165) is 19.5 Å². The Labute approximate surface area is 188 Å². The summed E-state index contributed by atoms with van der Waals surface area (Å²) < 4.78 is 22.3. The smallest absolute Gasteiger partial charge is 0.231 e. The number of phenols is 1. The lowest BCUT2D eigenvalue weighted by molar-refractivity contribution is 0.101. The molecule has 2 aliphatic heterocycles. The molecule has 0 spiro atoms. The van der Waals surface area contributed by atoms with E-state index in [1.54, 1.807) is 37.5 Å². The van der Waals surface area contributed by atoms with Crippen molar-refractivity contribution in [3.63, 3.8) is 0 Å². The number of carbonyl (C=O) groups is 1. The number of ketones is 1. The number of allylic oxidation sites excluding steroid dienone is 1. The van der Waals surface area contributed by atoms with Gasteiger partial charge in [-0.2, -0.15) is 0 Å². The molecule has 1 saturated heterocycles. The van der Waals surface area contributed by atoms with Crippen molar-refractivity contribution in [2.24, 2.45) is 5.92 Å². The van der Waals surface area contributed by atoms with Gasteiger partial charge in [0.15, 0.2) is 17.3 Å². The van der Waals surface area contributed by atoms with Gasteiger partial charge in [0.1, 0.15) is 11.5 Å². The zero-order valence-corrected chi connectivity index (χ0v) is 18.9. The van der Waals surface area contributed by atoms with Crippen LogP contribution in [0.25, 0.3) is 6.08 Å². The number of likely N-dealkylation sites (tertiary alicyclic amines) is 1. The minimum atomic E-state index is -0.231. The number of rotatable bonds is 6. The summed E-state index contributed by atoms with van der Waals surface area (Å²) in [5.41, 5.74) is 1.72. The number of carbonyl (C=O) groups excluding carboxylic acids is 1. The van der Waals surface area contributed by atoms with Crippen LogP contribution in [0.3, 0.4) is 0 Å². The number of ether oxygens (including phenoxy) is 4. The monoisotopic (exact) mass is 439 g/mol. The molecule has 0 saturated carbocycles. The second-order valence-corrected chi connectivity index (χ2v) is 8.29. The van der Waals surface area contributed by atoms with Gasteiger partial charge in [-0.3, -0.25) is 9.69 Å². The van der Waals surface area contributed by atoms with Crippen LogP contribution >= 0.6 is 0 Å². The first-order valence-corrected chi connectivity index (χ1v) is 10.8. The maximum atomic E-state index is 13.1. The molecule has 170 valence electrons. The zero-order chi connectivity index (χ0) is 22.8. The molecule has 7 heteroatoms. The fraction of sp³-hybridized carbons (Fsp3) is 0.400. The van der Waals surface area contributed by atoms with Crippen LogP contribution in [0.2, 0.25) is 0 Å². The fourth-order valence-corrected chi connectivity index (χ4v) is 4.48. The average molecular weight is 440 g/mol. The van der Waals surface area contributed by atoms with Crippen LogP contribution in [-0.2, 0) is 6.54 Å². The predicted molar refractivity (Wildman–Crippen MR) is 121 cm³/mol. The number of nitrogens with zero attached hydrogens (tertiary/aromatic N) is 1. The van der Waals surface area contributed by atoms with Crippen molar-refractivity contribution < 1.29 is 28.8 Å². The topological polar surface area (TPSA) is 77.5 Å². The Balaban J connectivity index is 1.69. The third-order valence-electron chi connectivity index (χ3n) is 6.06. The lowest BCUT2D eigenvalue weighted by atomic mass is 9.99. The summed E-state index contributed by atoms with van der Waals surface area (Å²) in [7, 11) is 4.61. The first-order valence-electron chi connectivity index (χ1n) is 10.8. The Morgan fingerprint density at radius 3 is 2.59 bits per heavy atom. The zero-order valence-electron chi connectivity index (χ0n) is 18.9. The third-order valence-corrected chi connectivity index (χ3v) is 6.06. The Kier molecular flexibility index (Phi) is 6.28. The van der Waals surface area contributed by atoms with Crippen LogP contribution < -0.4 is 18.9 Å². The summed E-state index contributed by atoms with van der Waals surface area (Å²) in [5, 5.41) is 10.6. The molecule has 1 N–H and O–H groups in total. The first kappa shape index (κ1) is 22.0.